The second kappa shape index (κ2) is 17.6. The molecule has 0 spiro atoms. The van der Waals surface area contributed by atoms with E-state index in [9.17, 15) is 29.1 Å². The number of carbonyl (C=O) groups excluding carboxylic acids is 5. The predicted octanol–water partition coefficient (Wildman–Crippen LogP) is 0.283. The number of hydrogen-bond donors (Lipinski definition) is 5. The molecule has 16 heteroatoms. The zero-order valence-electron chi connectivity index (χ0n) is 28.6. The van der Waals surface area contributed by atoms with Gasteiger partial charge >= 0.3 is 0 Å². The smallest absolute Gasteiger partial charge is 0.252 e. The Bertz CT molecular complexity index is 1480. The summed E-state index contributed by atoms with van der Waals surface area (Å²) in [7, 11) is 1.48. The van der Waals surface area contributed by atoms with Gasteiger partial charge in [0.2, 0.25) is 23.6 Å². The number of aromatic nitrogens is 3. The fourth-order valence-corrected chi connectivity index (χ4v) is 5.72. The number of benzene rings is 1. The van der Waals surface area contributed by atoms with Gasteiger partial charge in [-0.3, -0.25) is 28.7 Å². The molecule has 1 aromatic carbocycles. The molecular formula is C33H48N8O8. The maximum atomic E-state index is 13.4. The molecule has 4 atom stereocenters. The minimum Gasteiger partial charge on any atom is -0.493 e. The third-order valence-corrected chi connectivity index (χ3v) is 8.35. The minimum atomic E-state index is -1.26. The molecule has 1 saturated heterocycles. The van der Waals surface area contributed by atoms with Crippen LogP contribution in [-0.2, 0) is 32.3 Å². The number of rotatable bonds is 5. The van der Waals surface area contributed by atoms with Gasteiger partial charge in [0.25, 0.3) is 5.91 Å². The number of hydrogen-bond acceptors (Lipinski definition) is 10. The Kier molecular flexibility index (Phi) is 13.3. The number of fused-ring (bicyclic) bond motifs is 4. The fraction of sp³-hybridized carbons (Fsp3) is 0.606. The SMILES string of the molecule is COc1ccc2cc1OCc1cn(nn1)CCCN(C(=O)[C@H]1CCC(=O)N1)CCCCNC(=O)[C@H]([C@@H](C)O)NC(=O)[C@@H](CC(C)C)NC2=O. The van der Waals surface area contributed by atoms with Crippen molar-refractivity contribution in [3.63, 3.8) is 0 Å². The first-order valence-corrected chi connectivity index (χ1v) is 16.8. The maximum absolute atomic E-state index is 13.4. The van der Waals surface area contributed by atoms with E-state index in [-0.39, 0.29) is 48.6 Å². The molecule has 49 heavy (non-hydrogen) atoms. The Labute approximate surface area is 285 Å². The van der Waals surface area contributed by atoms with Crippen molar-refractivity contribution in [2.75, 3.05) is 26.7 Å². The molecule has 0 saturated carbocycles. The summed E-state index contributed by atoms with van der Waals surface area (Å²) in [5.41, 5.74) is 0.757. The van der Waals surface area contributed by atoms with Crippen molar-refractivity contribution in [2.24, 2.45) is 5.92 Å². The van der Waals surface area contributed by atoms with Gasteiger partial charge in [0.1, 0.15) is 30.4 Å². The Balaban J connectivity index is 1.56. The van der Waals surface area contributed by atoms with Gasteiger partial charge in [-0.05, 0) is 63.1 Å². The molecular weight excluding hydrogens is 636 g/mol. The lowest BCUT2D eigenvalue weighted by Gasteiger charge is -2.26. The number of amides is 5. The molecule has 5 amide bonds. The first-order chi connectivity index (χ1) is 23.4. The maximum Gasteiger partial charge on any atom is 0.252 e. The highest BCUT2D eigenvalue weighted by Gasteiger charge is 2.32. The number of ether oxygens (including phenoxy) is 2. The van der Waals surface area contributed by atoms with Gasteiger partial charge < -0.3 is 40.7 Å². The molecule has 4 rings (SSSR count). The normalized spacial score (nSPS) is 22.6. The molecule has 268 valence electrons. The molecule has 1 aromatic heterocycles. The van der Waals surface area contributed by atoms with Gasteiger partial charge in [0.05, 0.1) is 19.4 Å². The Hall–Kier alpha value is -4.73. The summed E-state index contributed by atoms with van der Waals surface area (Å²) in [5, 5.41) is 29.7. The molecule has 5 N–H and O–H groups in total. The average molecular weight is 685 g/mol. The highest BCUT2D eigenvalue weighted by Crippen LogP contribution is 2.29. The van der Waals surface area contributed by atoms with Crippen LogP contribution in [-0.4, -0.2) is 106 Å². The lowest BCUT2D eigenvalue weighted by Crippen LogP contribution is -2.57. The first-order valence-electron chi connectivity index (χ1n) is 16.8. The van der Waals surface area contributed by atoms with Crippen molar-refractivity contribution >= 4 is 29.5 Å². The van der Waals surface area contributed by atoms with Crippen molar-refractivity contribution in [1.29, 1.82) is 0 Å². The number of nitrogens with zero attached hydrogens (tertiary/aromatic N) is 4. The van der Waals surface area contributed by atoms with Crippen LogP contribution in [0.1, 0.15) is 75.3 Å². The van der Waals surface area contributed by atoms with Gasteiger partial charge in [-0.1, -0.05) is 19.1 Å². The molecule has 2 aliphatic rings. The van der Waals surface area contributed by atoms with Crippen LogP contribution in [0.4, 0.5) is 0 Å². The summed E-state index contributed by atoms with van der Waals surface area (Å²) in [5.74, 6) is -1.34. The second-order valence-corrected chi connectivity index (χ2v) is 12.8. The van der Waals surface area contributed by atoms with Crippen molar-refractivity contribution in [3.05, 3.63) is 35.7 Å². The highest BCUT2D eigenvalue weighted by atomic mass is 16.5. The molecule has 3 heterocycles. The molecule has 0 aliphatic carbocycles. The lowest BCUT2D eigenvalue weighted by atomic mass is 10.0. The molecule has 0 radical (unpaired) electrons. The van der Waals surface area contributed by atoms with Crippen LogP contribution < -0.4 is 30.7 Å². The van der Waals surface area contributed by atoms with Gasteiger partial charge in [0, 0.05) is 38.2 Å². The van der Waals surface area contributed by atoms with Crippen LogP contribution in [0.25, 0.3) is 0 Å². The van der Waals surface area contributed by atoms with Crippen LogP contribution in [0.2, 0.25) is 0 Å². The molecule has 4 bridgehead atoms. The third-order valence-electron chi connectivity index (χ3n) is 8.35. The van der Waals surface area contributed by atoms with Crippen LogP contribution >= 0.6 is 0 Å². The van der Waals surface area contributed by atoms with E-state index in [1.807, 2.05) is 13.8 Å². The minimum absolute atomic E-state index is 0.0151. The van der Waals surface area contributed by atoms with Crippen molar-refractivity contribution < 1.29 is 38.6 Å². The van der Waals surface area contributed by atoms with Crippen LogP contribution in [0.5, 0.6) is 11.5 Å². The standard InChI is InChI=1S/C33H48N8O8/c1-20(2)16-25-31(45)37-29(21(3)42)32(46)34-12-5-6-13-40(33(47)24-9-11-28(43)35-24)14-7-15-41-18-23(38-39-41)19-49-27-17-22(30(44)36-25)8-10-26(27)48-4/h8,10,17-18,20-21,24-25,29,42H,5-7,9,11-16,19H2,1-4H3,(H,34,46)(H,35,43)(H,36,44)(H,37,45)/t21-,24-,25-,29+/m1/s1. The van der Waals surface area contributed by atoms with Gasteiger partial charge in [-0.15, -0.1) is 5.10 Å². The van der Waals surface area contributed by atoms with Crippen molar-refractivity contribution in [3.8, 4) is 11.5 Å². The Morgan fingerprint density at radius 3 is 2.51 bits per heavy atom. The zero-order chi connectivity index (χ0) is 35.5. The summed E-state index contributed by atoms with van der Waals surface area (Å²) in [6.45, 7) is 6.79. The van der Waals surface area contributed by atoms with Gasteiger partial charge in [0.15, 0.2) is 11.5 Å². The van der Waals surface area contributed by atoms with Crippen LogP contribution in [0.3, 0.4) is 0 Å². The van der Waals surface area contributed by atoms with E-state index in [0.717, 1.165) is 0 Å². The van der Waals surface area contributed by atoms with E-state index < -0.39 is 42.0 Å². The van der Waals surface area contributed by atoms with Crippen molar-refractivity contribution in [2.45, 2.75) is 96.7 Å². The molecule has 1 fully saturated rings. The van der Waals surface area contributed by atoms with E-state index >= 15 is 0 Å². The van der Waals surface area contributed by atoms with Crippen molar-refractivity contribution in [1.82, 2.24) is 41.2 Å². The topological polar surface area (TPSA) is 206 Å². The second-order valence-electron chi connectivity index (χ2n) is 12.8. The Morgan fingerprint density at radius 2 is 1.82 bits per heavy atom. The summed E-state index contributed by atoms with van der Waals surface area (Å²) < 4.78 is 13.1. The quantitative estimate of drug-likeness (QED) is 0.291. The van der Waals surface area contributed by atoms with E-state index in [2.05, 4.69) is 31.6 Å². The largest absolute Gasteiger partial charge is 0.493 e. The zero-order valence-corrected chi connectivity index (χ0v) is 28.6. The number of aryl methyl sites for hydroxylation is 1. The molecule has 2 aromatic rings. The van der Waals surface area contributed by atoms with E-state index in [1.165, 1.54) is 20.1 Å². The summed E-state index contributed by atoms with van der Waals surface area (Å²) in [6, 6.07) is 1.81. The van der Waals surface area contributed by atoms with Crippen LogP contribution in [0, 0.1) is 5.92 Å². The number of methoxy groups -OCH3 is 1. The lowest BCUT2D eigenvalue weighted by molar-refractivity contribution is -0.134. The molecule has 0 unspecified atom stereocenters. The molecule has 16 nitrogen and oxygen atoms in total. The molecule has 2 aliphatic heterocycles. The predicted molar refractivity (Wildman–Crippen MR) is 176 cm³/mol. The highest BCUT2D eigenvalue weighted by molar-refractivity contribution is 5.99. The number of aliphatic hydroxyl groups is 1. The Morgan fingerprint density at radius 1 is 1.04 bits per heavy atom. The number of aliphatic hydroxyl groups excluding tert-OH is 1. The number of carbonyl (C=O) groups is 5. The summed E-state index contributed by atoms with van der Waals surface area (Å²) >= 11 is 0. The van der Waals surface area contributed by atoms with E-state index in [1.54, 1.807) is 27.9 Å². The van der Waals surface area contributed by atoms with E-state index in [4.69, 9.17) is 9.47 Å². The summed E-state index contributed by atoms with van der Waals surface area (Å²) in [4.78, 5) is 66.7. The van der Waals surface area contributed by atoms with Gasteiger partial charge in [-0.2, -0.15) is 0 Å². The monoisotopic (exact) mass is 684 g/mol. The first kappa shape index (κ1) is 37.1. The summed E-state index contributed by atoms with van der Waals surface area (Å²) in [6.07, 6.45) is 3.22. The van der Waals surface area contributed by atoms with E-state index in [0.29, 0.717) is 63.2 Å². The average Bonchev–Trinajstić information content (AvgIpc) is 3.72. The van der Waals surface area contributed by atoms with Crippen LogP contribution in [0.15, 0.2) is 24.4 Å². The number of nitrogens with one attached hydrogen (secondary N) is 4. The van der Waals surface area contributed by atoms with Gasteiger partial charge in [-0.25, -0.2) is 0 Å². The third kappa shape index (κ3) is 10.6. The fourth-order valence-electron chi connectivity index (χ4n) is 5.72.